The molecule has 1 heterocycles. The zero-order chi connectivity index (χ0) is 19.5. The van der Waals surface area contributed by atoms with Crippen LogP contribution in [0.1, 0.15) is 11.1 Å². The Morgan fingerprint density at radius 1 is 0.414 bits per heavy atom. The van der Waals surface area contributed by atoms with Crippen molar-refractivity contribution in [2.45, 2.75) is 0 Å². The fourth-order valence-corrected chi connectivity index (χ4v) is 14.1. The zero-order valence-electron chi connectivity index (χ0n) is 16.2. The molecule has 1 heteroatoms. The Bertz CT molecular complexity index is 1120. The Morgan fingerprint density at radius 2 is 0.828 bits per heavy atom. The van der Waals surface area contributed by atoms with Gasteiger partial charge in [-0.05, 0) is 0 Å². The van der Waals surface area contributed by atoms with Crippen LogP contribution in [0.2, 0.25) is 0 Å². The summed E-state index contributed by atoms with van der Waals surface area (Å²) in [4.78, 5) is 2.56. The van der Waals surface area contributed by atoms with Crippen LogP contribution in [0.3, 0.4) is 0 Å². The minimum atomic E-state index is -2.99. The van der Waals surface area contributed by atoms with Crippen LogP contribution in [0.5, 0.6) is 0 Å². The van der Waals surface area contributed by atoms with Crippen LogP contribution in [0, 0.1) is 0 Å². The summed E-state index contributed by atoms with van der Waals surface area (Å²) in [5.74, 6) is 0. The molecule has 0 amide bonds. The van der Waals surface area contributed by atoms with E-state index in [1.165, 1.54) is 29.9 Å². The predicted molar refractivity (Wildman–Crippen MR) is 127 cm³/mol. The predicted octanol–water partition coefficient (Wildman–Crippen LogP) is 5.51. The topological polar surface area (TPSA) is 0 Å². The van der Waals surface area contributed by atoms with E-state index >= 15 is 0 Å². The van der Waals surface area contributed by atoms with Crippen molar-refractivity contribution >= 4 is 32.0 Å². The number of benzene rings is 4. The molecule has 0 saturated carbocycles. The molecule has 0 atom stereocenters. The molecule has 29 heavy (non-hydrogen) atoms. The van der Waals surface area contributed by atoms with E-state index in [-0.39, 0.29) is 0 Å². The molecule has 0 aromatic heterocycles. The summed E-state index contributed by atoms with van der Waals surface area (Å²) in [5.41, 5.74) is 4.00. The summed E-state index contributed by atoms with van der Waals surface area (Å²) in [5, 5.41) is 0. The first-order valence-electron chi connectivity index (χ1n) is 10.1. The summed E-state index contributed by atoms with van der Waals surface area (Å²) < 4.78 is 4.47. The van der Waals surface area contributed by atoms with Gasteiger partial charge >= 0.3 is 175 Å². The van der Waals surface area contributed by atoms with Gasteiger partial charge in [-0.25, -0.2) is 0 Å². The quantitative estimate of drug-likeness (QED) is 0.374. The van der Waals surface area contributed by atoms with Crippen molar-refractivity contribution in [3.63, 3.8) is 0 Å². The van der Waals surface area contributed by atoms with Crippen LogP contribution < -0.4 is 8.79 Å². The molecule has 1 aliphatic heterocycles. The maximum absolute atomic E-state index is 2.99. The van der Waals surface area contributed by atoms with Gasteiger partial charge in [-0.3, -0.25) is 0 Å². The van der Waals surface area contributed by atoms with E-state index in [1.54, 1.807) is 0 Å². The Morgan fingerprint density at radius 3 is 1.31 bits per heavy atom. The number of hydrogen-bond acceptors (Lipinski definition) is 0. The molecule has 0 saturated heterocycles. The van der Waals surface area contributed by atoms with Gasteiger partial charge in [0.25, 0.3) is 0 Å². The molecule has 0 unspecified atom stereocenters. The van der Waals surface area contributed by atoms with Crippen molar-refractivity contribution < 1.29 is 0 Å². The van der Waals surface area contributed by atoms with Crippen LogP contribution >= 0.6 is 0 Å². The third kappa shape index (κ3) is 3.10. The molecule has 0 fully saturated rings. The van der Waals surface area contributed by atoms with E-state index in [0.29, 0.717) is 0 Å². The molecule has 138 valence electrons. The van der Waals surface area contributed by atoms with Gasteiger partial charge in [0.05, 0.1) is 0 Å². The second-order valence-electron chi connectivity index (χ2n) is 7.39. The Balaban J connectivity index is 1.88. The normalized spacial score (nSPS) is 14.9. The Kier molecular flexibility index (Phi) is 4.79. The number of hydrogen-bond donors (Lipinski definition) is 0. The van der Waals surface area contributed by atoms with Crippen molar-refractivity contribution in [3.05, 3.63) is 143 Å². The standard InChI is InChI=1S/C28H22Ge/c1-5-13-23(14-6-1)27-21-22-29(25-17-9-3-10-18-25,26-19-11-4-12-20-26)28(27)24-15-7-2-8-16-24/h1-22H. The number of allylic oxidation sites excluding steroid dienone is 2. The first-order chi connectivity index (χ1) is 14.4. The summed E-state index contributed by atoms with van der Waals surface area (Å²) in [7, 11) is 0. The first kappa shape index (κ1) is 18.0. The van der Waals surface area contributed by atoms with Gasteiger partial charge in [-0.15, -0.1) is 0 Å². The van der Waals surface area contributed by atoms with Crippen LogP contribution in [-0.4, -0.2) is 13.3 Å². The molecular weight excluding hydrogens is 409 g/mol. The Hall–Kier alpha value is -3.10. The molecule has 0 nitrogen and oxygen atoms in total. The summed E-state index contributed by atoms with van der Waals surface area (Å²) in [6, 6.07) is 44.1. The van der Waals surface area contributed by atoms with E-state index in [1.807, 2.05) is 0 Å². The van der Waals surface area contributed by atoms with Crippen LogP contribution in [-0.2, 0) is 0 Å². The Labute approximate surface area is 175 Å². The van der Waals surface area contributed by atoms with Crippen LogP contribution in [0.4, 0.5) is 0 Å². The van der Waals surface area contributed by atoms with Crippen molar-refractivity contribution in [2.75, 3.05) is 0 Å². The van der Waals surface area contributed by atoms with E-state index < -0.39 is 13.3 Å². The second kappa shape index (κ2) is 7.73. The minimum absolute atomic E-state index is 1.29. The third-order valence-corrected chi connectivity index (χ3v) is 15.2. The molecule has 0 aliphatic carbocycles. The van der Waals surface area contributed by atoms with Gasteiger partial charge in [0.2, 0.25) is 0 Å². The van der Waals surface area contributed by atoms with E-state index in [4.69, 9.17) is 0 Å². The summed E-state index contributed by atoms with van der Waals surface area (Å²) in [6.07, 6.45) is 2.39. The fraction of sp³-hybridized carbons (Fsp3) is 0. The molecule has 0 bridgehead atoms. The van der Waals surface area contributed by atoms with Crippen molar-refractivity contribution in [2.24, 2.45) is 0 Å². The van der Waals surface area contributed by atoms with Gasteiger partial charge in [-0.1, -0.05) is 0 Å². The van der Waals surface area contributed by atoms with Gasteiger partial charge < -0.3 is 0 Å². The average molecular weight is 431 g/mol. The molecule has 0 N–H and O–H groups in total. The number of rotatable bonds is 4. The monoisotopic (exact) mass is 432 g/mol. The van der Waals surface area contributed by atoms with Crippen LogP contribution in [0.15, 0.2) is 132 Å². The third-order valence-electron chi connectivity index (χ3n) is 5.77. The first-order valence-corrected chi connectivity index (χ1v) is 14.4. The maximum atomic E-state index is 2.56. The second-order valence-corrected chi connectivity index (χ2v) is 15.0. The summed E-state index contributed by atoms with van der Waals surface area (Å²) >= 11 is -2.99. The van der Waals surface area contributed by atoms with Crippen molar-refractivity contribution in [1.29, 1.82) is 0 Å². The molecule has 4 aromatic rings. The summed E-state index contributed by atoms with van der Waals surface area (Å²) in [6.45, 7) is 0. The molecule has 5 rings (SSSR count). The molecule has 0 spiro atoms. The van der Waals surface area contributed by atoms with E-state index in [9.17, 15) is 0 Å². The van der Waals surface area contributed by atoms with E-state index in [2.05, 4.69) is 132 Å². The SMILES string of the molecule is C1=[CH][Ge]([c]2ccccc2)([c]2ccccc2)[C](c2ccccc2)=C1c1ccccc1. The van der Waals surface area contributed by atoms with Gasteiger partial charge in [0.1, 0.15) is 0 Å². The molecule has 4 aromatic carbocycles. The molecular formula is C28H22Ge. The van der Waals surface area contributed by atoms with E-state index in [0.717, 1.165) is 0 Å². The fourth-order valence-electron chi connectivity index (χ4n) is 4.48. The van der Waals surface area contributed by atoms with Crippen molar-refractivity contribution in [3.8, 4) is 0 Å². The van der Waals surface area contributed by atoms with Gasteiger partial charge in [-0.2, -0.15) is 0 Å². The molecule has 0 radical (unpaired) electrons. The average Bonchev–Trinajstić information content (AvgIpc) is 3.23. The van der Waals surface area contributed by atoms with Gasteiger partial charge in [0.15, 0.2) is 0 Å². The molecule has 1 aliphatic rings. The van der Waals surface area contributed by atoms with Crippen molar-refractivity contribution in [1.82, 2.24) is 0 Å². The van der Waals surface area contributed by atoms with Crippen LogP contribution in [0.25, 0.3) is 9.98 Å². The zero-order valence-corrected chi connectivity index (χ0v) is 18.3. The van der Waals surface area contributed by atoms with Gasteiger partial charge in [0, 0.05) is 0 Å².